The van der Waals surface area contributed by atoms with Crippen molar-refractivity contribution in [3.8, 4) is 0 Å². The number of nitrogens with one attached hydrogen (secondary N) is 1. The van der Waals surface area contributed by atoms with Gasteiger partial charge in [-0.1, -0.05) is 0 Å². The fraction of sp³-hybridized carbons (Fsp3) is 0.375. The van der Waals surface area contributed by atoms with E-state index in [2.05, 4.69) is 10.3 Å². The van der Waals surface area contributed by atoms with Gasteiger partial charge >= 0.3 is 5.69 Å². The molecule has 0 atom stereocenters. The Kier molecular flexibility index (Phi) is 4.17. The molecule has 0 radical (unpaired) electrons. The van der Waals surface area contributed by atoms with Crippen LogP contribution in [0.25, 0.3) is 0 Å². The highest BCUT2D eigenvalue weighted by Gasteiger charge is 2.14. The molecule has 0 aromatic carbocycles. The van der Waals surface area contributed by atoms with Crippen LogP contribution in [0, 0.1) is 10.1 Å². The average Bonchev–Trinajstić information content (AvgIpc) is 2.18. The summed E-state index contributed by atoms with van der Waals surface area (Å²) in [6.45, 7) is 0.623. The van der Waals surface area contributed by atoms with Crippen LogP contribution >= 0.6 is 11.8 Å². The molecule has 6 nitrogen and oxygen atoms in total. The molecule has 0 saturated carbocycles. The monoisotopic (exact) mass is 228 g/mol. The first-order valence-electron chi connectivity index (χ1n) is 4.29. The van der Waals surface area contributed by atoms with Crippen molar-refractivity contribution in [3.63, 3.8) is 0 Å². The van der Waals surface area contributed by atoms with E-state index in [1.54, 1.807) is 11.8 Å². The summed E-state index contributed by atoms with van der Waals surface area (Å²) in [5, 5.41) is 13.5. The van der Waals surface area contributed by atoms with Crippen molar-refractivity contribution in [2.75, 3.05) is 29.6 Å². The van der Waals surface area contributed by atoms with Crippen LogP contribution in [0.4, 0.5) is 17.3 Å². The SMILES string of the molecule is CSCCNc1nc(N)ccc1[N+](=O)[O-]. The number of nitrogens with two attached hydrogens (primary N) is 1. The zero-order chi connectivity index (χ0) is 11.3. The second-order valence-electron chi connectivity index (χ2n) is 2.78. The minimum atomic E-state index is -0.478. The van der Waals surface area contributed by atoms with E-state index >= 15 is 0 Å². The van der Waals surface area contributed by atoms with E-state index in [1.165, 1.54) is 12.1 Å². The van der Waals surface area contributed by atoms with Gasteiger partial charge in [-0.15, -0.1) is 0 Å². The van der Waals surface area contributed by atoms with Gasteiger partial charge in [-0.05, 0) is 12.3 Å². The summed E-state index contributed by atoms with van der Waals surface area (Å²) in [4.78, 5) is 14.0. The number of anilines is 2. The zero-order valence-electron chi connectivity index (χ0n) is 8.27. The summed E-state index contributed by atoms with van der Waals surface area (Å²) >= 11 is 1.65. The van der Waals surface area contributed by atoms with Gasteiger partial charge < -0.3 is 11.1 Å². The summed E-state index contributed by atoms with van der Waals surface area (Å²) in [6, 6.07) is 2.77. The molecule has 1 rings (SSSR count). The summed E-state index contributed by atoms with van der Waals surface area (Å²) in [5.41, 5.74) is 5.40. The fourth-order valence-electron chi connectivity index (χ4n) is 1.02. The first kappa shape index (κ1) is 11.6. The van der Waals surface area contributed by atoms with Crippen LogP contribution < -0.4 is 11.1 Å². The number of hydrogen-bond donors (Lipinski definition) is 2. The Morgan fingerprint density at radius 2 is 2.40 bits per heavy atom. The number of rotatable bonds is 5. The van der Waals surface area contributed by atoms with Crippen molar-refractivity contribution in [3.05, 3.63) is 22.2 Å². The van der Waals surface area contributed by atoms with Gasteiger partial charge in [0.05, 0.1) is 4.92 Å². The molecular formula is C8H12N4O2S. The number of aromatic nitrogens is 1. The van der Waals surface area contributed by atoms with E-state index in [4.69, 9.17) is 5.73 Å². The van der Waals surface area contributed by atoms with Crippen molar-refractivity contribution in [2.45, 2.75) is 0 Å². The van der Waals surface area contributed by atoms with Gasteiger partial charge in [0, 0.05) is 18.4 Å². The van der Waals surface area contributed by atoms with Crippen LogP contribution in [0.1, 0.15) is 0 Å². The molecule has 1 heterocycles. The minimum absolute atomic E-state index is 0.0506. The molecule has 15 heavy (non-hydrogen) atoms. The maximum absolute atomic E-state index is 10.6. The van der Waals surface area contributed by atoms with Crippen molar-refractivity contribution in [1.29, 1.82) is 0 Å². The molecular weight excluding hydrogens is 216 g/mol. The number of nitrogen functional groups attached to an aromatic ring is 1. The molecule has 0 aliphatic carbocycles. The second-order valence-corrected chi connectivity index (χ2v) is 3.77. The lowest BCUT2D eigenvalue weighted by Crippen LogP contribution is -2.08. The van der Waals surface area contributed by atoms with Gasteiger partial charge in [0.25, 0.3) is 0 Å². The highest BCUT2D eigenvalue weighted by Crippen LogP contribution is 2.22. The molecule has 1 aromatic heterocycles. The molecule has 0 fully saturated rings. The number of nitrogens with zero attached hydrogens (tertiary/aromatic N) is 2. The van der Waals surface area contributed by atoms with E-state index in [0.29, 0.717) is 6.54 Å². The van der Waals surface area contributed by atoms with Crippen LogP contribution in [0.3, 0.4) is 0 Å². The highest BCUT2D eigenvalue weighted by atomic mass is 32.2. The molecule has 0 unspecified atom stereocenters. The molecule has 0 bridgehead atoms. The van der Waals surface area contributed by atoms with Gasteiger partial charge in [0.15, 0.2) is 0 Å². The first-order chi connectivity index (χ1) is 7.15. The Labute approximate surface area is 91.4 Å². The van der Waals surface area contributed by atoms with Crippen molar-refractivity contribution in [2.24, 2.45) is 0 Å². The first-order valence-corrected chi connectivity index (χ1v) is 5.68. The van der Waals surface area contributed by atoms with E-state index in [1.807, 2.05) is 6.26 Å². The van der Waals surface area contributed by atoms with Gasteiger partial charge in [-0.25, -0.2) is 4.98 Å². The quantitative estimate of drug-likeness (QED) is 0.449. The minimum Gasteiger partial charge on any atom is -0.384 e. The summed E-state index contributed by atoms with van der Waals surface area (Å²) in [5.74, 6) is 1.36. The molecule has 0 aliphatic rings. The summed E-state index contributed by atoms with van der Waals surface area (Å²) in [7, 11) is 0. The standard InChI is InChI=1S/C8H12N4O2S/c1-15-5-4-10-8-6(12(13)14)2-3-7(9)11-8/h2-3H,4-5H2,1H3,(H3,9,10,11). The third-order valence-corrected chi connectivity index (χ3v) is 2.30. The largest absolute Gasteiger partial charge is 0.384 e. The Morgan fingerprint density at radius 3 is 3.00 bits per heavy atom. The van der Waals surface area contributed by atoms with Gasteiger partial charge in [0.2, 0.25) is 5.82 Å². The highest BCUT2D eigenvalue weighted by molar-refractivity contribution is 7.98. The van der Waals surface area contributed by atoms with E-state index in [-0.39, 0.29) is 17.3 Å². The Hall–Kier alpha value is -1.50. The molecule has 0 aliphatic heterocycles. The predicted molar refractivity (Wildman–Crippen MR) is 62.2 cm³/mol. The van der Waals surface area contributed by atoms with Crippen molar-refractivity contribution < 1.29 is 4.92 Å². The Morgan fingerprint density at radius 1 is 1.67 bits per heavy atom. The third kappa shape index (κ3) is 3.28. The maximum atomic E-state index is 10.6. The van der Waals surface area contributed by atoms with Crippen LogP contribution in [-0.4, -0.2) is 28.5 Å². The smallest absolute Gasteiger partial charge is 0.311 e. The van der Waals surface area contributed by atoms with Gasteiger partial charge in [-0.2, -0.15) is 11.8 Å². The molecule has 0 spiro atoms. The number of thioether (sulfide) groups is 1. The number of pyridine rings is 1. The van der Waals surface area contributed by atoms with Gasteiger partial charge in [-0.3, -0.25) is 10.1 Å². The molecule has 7 heteroatoms. The Bertz CT molecular complexity index is 358. The lowest BCUT2D eigenvalue weighted by atomic mass is 10.3. The molecule has 82 valence electrons. The normalized spacial score (nSPS) is 9.93. The zero-order valence-corrected chi connectivity index (χ0v) is 9.08. The van der Waals surface area contributed by atoms with E-state index in [0.717, 1.165) is 5.75 Å². The van der Waals surface area contributed by atoms with Crippen LogP contribution in [-0.2, 0) is 0 Å². The topological polar surface area (TPSA) is 94.1 Å². The number of nitro groups is 1. The maximum Gasteiger partial charge on any atom is 0.311 e. The van der Waals surface area contributed by atoms with Crippen LogP contribution in [0.2, 0.25) is 0 Å². The number of hydrogen-bond acceptors (Lipinski definition) is 6. The lowest BCUT2D eigenvalue weighted by molar-refractivity contribution is -0.384. The van der Waals surface area contributed by atoms with E-state index in [9.17, 15) is 10.1 Å². The molecule has 3 N–H and O–H groups in total. The van der Waals surface area contributed by atoms with E-state index < -0.39 is 4.92 Å². The average molecular weight is 228 g/mol. The molecule has 0 amide bonds. The van der Waals surface area contributed by atoms with Crippen molar-refractivity contribution in [1.82, 2.24) is 4.98 Å². The summed E-state index contributed by atoms with van der Waals surface area (Å²) < 4.78 is 0. The Balaban J connectivity index is 2.82. The molecule has 0 saturated heterocycles. The predicted octanol–water partition coefficient (Wildman–Crippen LogP) is 1.35. The fourth-order valence-corrected chi connectivity index (χ4v) is 1.32. The lowest BCUT2D eigenvalue weighted by Gasteiger charge is -2.05. The molecule has 1 aromatic rings. The van der Waals surface area contributed by atoms with Crippen molar-refractivity contribution >= 4 is 29.1 Å². The third-order valence-electron chi connectivity index (χ3n) is 1.69. The van der Waals surface area contributed by atoms with Crippen LogP contribution in [0.5, 0.6) is 0 Å². The summed E-state index contributed by atoms with van der Waals surface area (Å²) in [6.07, 6.45) is 1.96. The second kappa shape index (κ2) is 5.40. The van der Waals surface area contributed by atoms with Gasteiger partial charge in [0.1, 0.15) is 5.82 Å². The van der Waals surface area contributed by atoms with Crippen LogP contribution in [0.15, 0.2) is 12.1 Å².